The maximum Gasteiger partial charge on any atom is 0.142 e. The van der Waals surface area contributed by atoms with E-state index in [2.05, 4.69) is 12.2 Å². The molecule has 0 fully saturated rings. The van der Waals surface area contributed by atoms with Gasteiger partial charge in [-0.1, -0.05) is 37.1 Å². The lowest BCUT2D eigenvalue weighted by Gasteiger charge is -2.13. The molecule has 0 aliphatic rings. The van der Waals surface area contributed by atoms with Crippen LogP contribution in [0.5, 0.6) is 5.75 Å². The van der Waals surface area contributed by atoms with Gasteiger partial charge in [0.25, 0.3) is 0 Å². The fraction of sp³-hybridized carbons (Fsp3) is 0.600. The van der Waals surface area contributed by atoms with Crippen LogP contribution in [0, 0.1) is 0 Å². The first-order chi connectivity index (χ1) is 9.29. The third-order valence-electron chi connectivity index (χ3n) is 2.91. The Morgan fingerprint density at radius 2 is 2.00 bits per heavy atom. The van der Waals surface area contributed by atoms with Crippen molar-refractivity contribution in [3.05, 3.63) is 28.8 Å². The second-order valence-electron chi connectivity index (χ2n) is 4.49. The summed E-state index contributed by atoms with van der Waals surface area (Å²) in [7, 11) is 0. The van der Waals surface area contributed by atoms with Crippen molar-refractivity contribution >= 4 is 11.6 Å². The number of benzene rings is 1. The van der Waals surface area contributed by atoms with Crippen molar-refractivity contribution in [1.29, 1.82) is 0 Å². The molecule has 1 rings (SSSR count). The van der Waals surface area contributed by atoms with E-state index in [1.165, 1.54) is 0 Å². The highest BCUT2D eigenvalue weighted by Crippen LogP contribution is 2.28. The van der Waals surface area contributed by atoms with Gasteiger partial charge in [-0.2, -0.15) is 0 Å². The summed E-state index contributed by atoms with van der Waals surface area (Å²) in [6, 6.07) is 5.84. The minimum absolute atomic E-state index is 0.276. The summed E-state index contributed by atoms with van der Waals surface area (Å²) in [4.78, 5) is 0. The van der Waals surface area contributed by atoms with E-state index in [-0.39, 0.29) is 6.61 Å². The molecule has 0 atom stereocenters. The molecule has 19 heavy (non-hydrogen) atoms. The summed E-state index contributed by atoms with van der Waals surface area (Å²) in [5.74, 6) is 0.798. The quantitative estimate of drug-likeness (QED) is 0.648. The zero-order chi connectivity index (χ0) is 13.9. The Morgan fingerprint density at radius 1 is 1.21 bits per heavy atom. The molecule has 3 nitrogen and oxygen atoms in total. The van der Waals surface area contributed by atoms with Crippen LogP contribution in [-0.2, 0) is 6.54 Å². The molecule has 1 aromatic rings. The van der Waals surface area contributed by atoms with Gasteiger partial charge in [-0.25, -0.2) is 0 Å². The van der Waals surface area contributed by atoms with Gasteiger partial charge in [-0.3, -0.25) is 0 Å². The molecule has 0 heterocycles. The summed E-state index contributed by atoms with van der Waals surface area (Å²) in [5.41, 5.74) is 1.10. The molecule has 0 spiro atoms. The van der Waals surface area contributed by atoms with Crippen LogP contribution in [0.3, 0.4) is 0 Å². The average molecular weight is 286 g/mol. The van der Waals surface area contributed by atoms with Crippen molar-refractivity contribution in [2.24, 2.45) is 0 Å². The van der Waals surface area contributed by atoms with E-state index < -0.39 is 0 Å². The molecule has 0 radical (unpaired) electrons. The topological polar surface area (TPSA) is 41.5 Å². The predicted octanol–water partition coefficient (Wildman–Crippen LogP) is 3.38. The van der Waals surface area contributed by atoms with Crippen molar-refractivity contribution in [2.45, 2.75) is 39.2 Å². The van der Waals surface area contributed by atoms with Crippen LogP contribution in [-0.4, -0.2) is 24.9 Å². The van der Waals surface area contributed by atoms with Gasteiger partial charge in [0.05, 0.1) is 11.6 Å². The lowest BCUT2D eigenvalue weighted by molar-refractivity contribution is 0.273. The van der Waals surface area contributed by atoms with Crippen LogP contribution >= 0.6 is 11.6 Å². The Bertz CT molecular complexity index is 358. The van der Waals surface area contributed by atoms with Crippen molar-refractivity contribution in [3.63, 3.8) is 0 Å². The highest BCUT2D eigenvalue weighted by molar-refractivity contribution is 6.32. The summed E-state index contributed by atoms with van der Waals surface area (Å²) in [5, 5.41) is 12.7. The number of aliphatic hydroxyl groups is 1. The zero-order valence-corrected chi connectivity index (χ0v) is 12.4. The SMILES string of the molecule is CCNCc1cccc(Cl)c1OCCCCCCO. The standard InChI is InChI=1S/C15H24ClNO2/c1-2-17-12-13-8-7-9-14(16)15(13)19-11-6-4-3-5-10-18/h7-9,17-18H,2-6,10-12H2,1H3. The van der Waals surface area contributed by atoms with Crippen LogP contribution in [0.4, 0.5) is 0 Å². The summed E-state index contributed by atoms with van der Waals surface area (Å²) in [6.45, 7) is 4.72. The molecular weight excluding hydrogens is 262 g/mol. The molecule has 0 aliphatic carbocycles. The Labute approximate surface area is 120 Å². The van der Waals surface area contributed by atoms with Gasteiger partial charge in [0.2, 0.25) is 0 Å². The normalized spacial score (nSPS) is 10.7. The number of hydrogen-bond donors (Lipinski definition) is 2. The van der Waals surface area contributed by atoms with E-state index in [0.717, 1.165) is 50.1 Å². The van der Waals surface area contributed by atoms with Gasteiger partial charge in [0.1, 0.15) is 5.75 Å². The number of hydrogen-bond acceptors (Lipinski definition) is 3. The molecule has 0 saturated carbocycles. The van der Waals surface area contributed by atoms with Crippen molar-refractivity contribution < 1.29 is 9.84 Å². The van der Waals surface area contributed by atoms with Gasteiger partial charge in [0, 0.05) is 18.7 Å². The molecule has 0 aliphatic heterocycles. The number of rotatable bonds is 10. The van der Waals surface area contributed by atoms with E-state index in [9.17, 15) is 0 Å². The number of halogens is 1. The van der Waals surface area contributed by atoms with Gasteiger partial charge in [-0.15, -0.1) is 0 Å². The first kappa shape index (κ1) is 16.3. The molecule has 0 amide bonds. The molecule has 0 saturated heterocycles. The van der Waals surface area contributed by atoms with E-state index in [1.54, 1.807) is 0 Å². The minimum Gasteiger partial charge on any atom is -0.492 e. The fourth-order valence-corrected chi connectivity index (χ4v) is 2.10. The highest BCUT2D eigenvalue weighted by atomic mass is 35.5. The fourth-order valence-electron chi connectivity index (χ4n) is 1.86. The van der Waals surface area contributed by atoms with Crippen molar-refractivity contribution in [1.82, 2.24) is 5.32 Å². The highest BCUT2D eigenvalue weighted by Gasteiger charge is 2.07. The molecular formula is C15H24ClNO2. The first-order valence-electron chi connectivity index (χ1n) is 7.01. The Morgan fingerprint density at radius 3 is 2.74 bits per heavy atom. The first-order valence-corrected chi connectivity index (χ1v) is 7.39. The van der Waals surface area contributed by atoms with Crippen LogP contribution in [0.25, 0.3) is 0 Å². The summed E-state index contributed by atoms with van der Waals surface area (Å²) < 4.78 is 5.81. The third kappa shape index (κ3) is 6.28. The largest absolute Gasteiger partial charge is 0.492 e. The average Bonchev–Trinajstić information content (AvgIpc) is 2.42. The number of aliphatic hydroxyl groups excluding tert-OH is 1. The van der Waals surface area contributed by atoms with Crippen molar-refractivity contribution in [2.75, 3.05) is 19.8 Å². The second kappa shape index (κ2) is 10.1. The molecule has 108 valence electrons. The van der Waals surface area contributed by atoms with Gasteiger partial charge in [0.15, 0.2) is 0 Å². The van der Waals surface area contributed by atoms with Crippen LogP contribution < -0.4 is 10.1 Å². The van der Waals surface area contributed by atoms with E-state index in [4.69, 9.17) is 21.4 Å². The molecule has 4 heteroatoms. The number of para-hydroxylation sites is 1. The minimum atomic E-state index is 0.276. The number of nitrogens with one attached hydrogen (secondary N) is 1. The third-order valence-corrected chi connectivity index (χ3v) is 3.21. The van der Waals surface area contributed by atoms with E-state index >= 15 is 0 Å². The number of ether oxygens (including phenoxy) is 1. The molecule has 2 N–H and O–H groups in total. The van der Waals surface area contributed by atoms with Crippen LogP contribution in [0.15, 0.2) is 18.2 Å². The Hall–Kier alpha value is -0.770. The Kier molecular flexibility index (Phi) is 8.63. The maximum absolute atomic E-state index is 8.70. The van der Waals surface area contributed by atoms with Crippen molar-refractivity contribution in [3.8, 4) is 5.75 Å². The monoisotopic (exact) mass is 285 g/mol. The molecule has 1 aromatic carbocycles. The van der Waals surface area contributed by atoms with E-state index in [0.29, 0.717) is 11.6 Å². The molecule has 0 aromatic heterocycles. The van der Waals surface area contributed by atoms with Gasteiger partial charge < -0.3 is 15.2 Å². The molecule has 0 unspecified atom stereocenters. The summed E-state index contributed by atoms with van der Waals surface area (Å²) in [6.07, 6.45) is 3.99. The smallest absolute Gasteiger partial charge is 0.142 e. The second-order valence-corrected chi connectivity index (χ2v) is 4.90. The Balaban J connectivity index is 2.42. The lowest BCUT2D eigenvalue weighted by Crippen LogP contribution is -2.13. The van der Waals surface area contributed by atoms with E-state index in [1.807, 2.05) is 18.2 Å². The zero-order valence-electron chi connectivity index (χ0n) is 11.6. The maximum atomic E-state index is 8.70. The van der Waals surface area contributed by atoms with Crippen LogP contribution in [0.2, 0.25) is 5.02 Å². The predicted molar refractivity (Wildman–Crippen MR) is 79.9 cm³/mol. The lowest BCUT2D eigenvalue weighted by atomic mass is 10.2. The molecule has 0 bridgehead atoms. The summed E-state index contributed by atoms with van der Waals surface area (Å²) >= 11 is 6.19. The van der Waals surface area contributed by atoms with Gasteiger partial charge in [-0.05, 0) is 31.9 Å². The van der Waals surface area contributed by atoms with Crippen LogP contribution in [0.1, 0.15) is 38.2 Å². The van der Waals surface area contributed by atoms with Gasteiger partial charge >= 0.3 is 0 Å². The number of unbranched alkanes of at least 4 members (excludes halogenated alkanes) is 3.